The molecule has 2 unspecified atom stereocenters. The molecular formula is C17H22N4O2. The van der Waals surface area contributed by atoms with Gasteiger partial charge in [-0.05, 0) is 49.8 Å². The zero-order valence-electron chi connectivity index (χ0n) is 13.4. The Morgan fingerprint density at radius 1 is 1.52 bits per heavy atom. The Balaban J connectivity index is 1.86. The van der Waals surface area contributed by atoms with E-state index in [2.05, 4.69) is 16.9 Å². The molecule has 1 aliphatic rings. The molecule has 0 aliphatic heterocycles. The predicted octanol–water partition coefficient (Wildman–Crippen LogP) is 1.90. The van der Waals surface area contributed by atoms with E-state index in [1.54, 1.807) is 23.3 Å². The molecule has 6 heteroatoms. The van der Waals surface area contributed by atoms with Gasteiger partial charge in [-0.2, -0.15) is 0 Å². The Bertz CT molecular complexity index is 710. The number of rotatable bonds is 6. The molecule has 0 saturated heterocycles. The molecule has 2 aromatic rings. The molecule has 0 amide bonds. The molecule has 0 aromatic carbocycles. The van der Waals surface area contributed by atoms with Gasteiger partial charge in [-0.15, -0.1) is 0 Å². The maximum absolute atomic E-state index is 11.9. The Labute approximate surface area is 135 Å². The van der Waals surface area contributed by atoms with E-state index < -0.39 is 11.4 Å². The van der Waals surface area contributed by atoms with Gasteiger partial charge >= 0.3 is 5.97 Å². The first-order valence-electron chi connectivity index (χ1n) is 7.88. The van der Waals surface area contributed by atoms with Crippen molar-refractivity contribution in [2.24, 2.45) is 17.6 Å². The van der Waals surface area contributed by atoms with Gasteiger partial charge in [-0.1, -0.05) is 13.0 Å². The molecule has 3 atom stereocenters. The molecule has 0 spiro atoms. The van der Waals surface area contributed by atoms with Crippen LogP contribution in [0.25, 0.3) is 5.82 Å². The van der Waals surface area contributed by atoms with Gasteiger partial charge in [0.15, 0.2) is 0 Å². The van der Waals surface area contributed by atoms with Crippen molar-refractivity contribution in [3.05, 3.63) is 42.1 Å². The number of imidazole rings is 1. The van der Waals surface area contributed by atoms with Crippen LogP contribution in [0, 0.1) is 18.8 Å². The highest BCUT2D eigenvalue weighted by molar-refractivity contribution is 5.85. The lowest BCUT2D eigenvalue weighted by atomic mass is 9.94. The van der Waals surface area contributed by atoms with Crippen LogP contribution in [0.5, 0.6) is 0 Å². The predicted molar refractivity (Wildman–Crippen MR) is 86.4 cm³/mol. The fourth-order valence-corrected chi connectivity index (χ4v) is 3.17. The van der Waals surface area contributed by atoms with Gasteiger partial charge in [-0.3, -0.25) is 9.36 Å². The van der Waals surface area contributed by atoms with Crippen molar-refractivity contribution in [1.82, 2.24) is 14.5 Å². The zero-order valence-corrected chi connectivity index (χ0v) is 13.4. The lowest BCUT2D eigenvalue weighted by molar-refractivity contribution is -0.140. The number of carbonyl (C=O) groups is 1. The molecule has 6 nitrogen and oxygen atoms in total. The number of aromatic nitrogens is 3. The van der Waals surface area contributed by atoms with Crippen LogP contribution in [0.1, 0.15) is 31.0 Å². The quantitative estimate of drug-likeness (QED) is 0.849. The number of hydrogen-bond acceptors (Lipinski definition) is 4. The second kappa shape index (κ2) is 5.77. The molecule has 2 aromatic heterocycles. The highest BCUT2D eigenvalue weighted by Crippen LogP contribution is 2.56. The molecule has 0 bridgehead atoms. The first-order chi connectivity index (χ1) is 11.0. The largest absolute Gasteiger partial charge is 0.481 e. The summed E-state index contributed by atoms with van der Waals surface area (Å²) in [7, 11) is 0. The van der Waals surface area contributed by atoms with E-state index in [-0.39, 0.29) is 5.92 Å². The van der Waals surface area contributed by atoms with E-state index in [9.17, 15) is 9.90 Å². The van der Waals surface area contributed by atoms with E-state index >= 15 is 0 Å². The molecule has 23 heavy (non-hydrogen) atoms. The van der Waals surface area contributed by atoms with E-state index in [0.29, 0.717) is 24.6 Å². The highest BCUT2D eigenvalue weighted by Gasteiger charge is 2.62. The minimum atomic E-state index is -0.862. The second-order valence-corrected chi connectivity index (χ2v) is 6.61. The number of nitrogens with two attached hydrogens (primary N) is 1. The monoisotopic (exact) mass is 314 g/mol. The smallest absolute Gasteiger partial charge is 0.316 e. The standard InChI is InChI=1S/C17H22N4O2/c1-11-3-4-15(19-8-11)21-9-14(20-10-21)17(16(22)23)6-13(17)5-12(2)7-18/h3-4,8-10,12-13H,5-7,18H2,1-2H3,(H,22,23)/t12?,13-,17?/m1/s1. The van der Waals surface area contributed by atoms with Crippen LogP contribution < -0.4 is 5.73 Å². The maximum Gasteiger partial charge on any atom is 0.316 e. The zero-order chi connectivity index (χ0) is 16.6. The fourth-order valence-electron chi connectivity index (χ4n) is 3.17. The molecule has 1 saturated carbocycles. The number of pyridine rings is 1. The van der Waals surface area contributed by atoms with Crippen molar-refractivity contribution < 1.29 is 9.90 Å². The van der Waals surface area contributed by atoms with Gasteiger partial charge in [0.25, 0.3) is 0 Å². The molecule has 1 aliphatic carbocycles. The van der Waals surface area contributed by atoms with Crippen molar-refractivity contribution in [3.8, 4) is 5.82 Å². The molecule has 1 fully saturated rings. The number of carboxylic acid groups (broad SMARTS) is 1. The highest BCUT2D eigenvalue weighted by atomic mass is 16.4. The summed E-state index contributed by atoms with van der Waals surface area (Å²) < 4.78 is 1.78. The summed E-state index contributed by atoms with van der Waals surface area (Å²) in [6.45, 7) is 4.61. The van der Waals surface area contributed by atoms with E-state index in [0.717, 1.165) is 17.8 Å². The first kappa shape index (κ1) is 15.7. The lowest BCUT2D eigenvalue weighted by Crippen LogP contribution is -2.24. The summed E-state index contributed by atoms with van der Waals surface area (Å²) in [5.41, 5.74) is 6.50. The van der Waals surface area contributed by atoms with Crippen LogP contribution in [-0.2, 0) is 10.2 Å². The van der Waals surface area contributed by atoms with Crippen LogP contribution in [-0.4, -0.2) is 32.2 Å². The average Bonchev–Trinajstić information content (AvgIpc) is 3.04. The fraction of sp³-hybridized carbons (Fsp3) is 0.471. The summed E-state index contributed by atoms with van der Waals surface area (Å²) in [6, 6.07) is 3.87. The number of hydrogen-bond donors (Lipinski definition) is 2. The SMILES string of the molecule is Cc1ccc(-n2cnc(C3(C(=O)O)C[C@H]3CC(C)CN)c2)nc1. The second-order valence-electron chi connectivity index (χ2n) is 6.61. The minimum Gasteiger partial charge on any atom is -0.481 e. The van der Waals surface area contributed by atoms with Crippen LogP contribution in [0.4, 0.5) is 0 Å². The van der Waals surface area contributed by atoms with E-state index in [4.69, 9.17) is 5.73 Å². The third-order valence-corrected chi connectivity index (χ3v) is 4.78. The minimum absolute atomic E-state index is 0.105. The van der Waals surface area contributed by atoms with Crippen molar-refractivity contribution in [2.45, 2.75) is 32.1 Å². The van der Waals surface area contributed by atoms with E-state index in [1.165, 1.54) is 0 Å². The summed E-state index contributed by atoms with van der Waals surface area (Å²) in [6.07, 6.45) is 6.66. The van der Waals surface area contributed by atoms with E-state index in [1.807, 2.05) is 19.1 Å². The summed E-state index contributed by atoms with van der Waals surface area (Å²) >= 11 is 0. The number of carboxylic acids is 1. The average molecular weight is 314 g/mol. The maximum atomic E-state index is 11.9. The molecular weight excluding hydrogens is 292 g/mol. The topological polar surface area (TPSA) is 94.0 Å². The van der Waals surface area contributed by atoms with Crippen LogP contribution in [0.3, 0.4) is 0 Å². The van der Waals surface area contributed by atoms with Crippen molar-refractivity contribution in [3.63, 3.8) is 0 Å². The Morgan fingerprint density at radius 2 is 2.30 bits per heavy atom. The number of nitrogens with zero attached hydrogens (tertiary/aromatic N) is 3. The van der Waals surface area contributed by atoms with Gasteiger partial charge in [-0.25, -0.2) is 9.97 Å². The van der Waals surface area contributed by atoms with Crippen LogP contribution >= 0.6 is 0 Å². The van der Waals surface area contributed by atoms with Crippen molar-refractivity contribution in [1.29, 1.82) is 0 Å². The number of aliphatic carboxylic acids is 1. The summed E-state index contributed by atoms with van der Waals surface area (Å²) in [4.78, 5) is 20.6. The van der Waals surface area contributed by atoms with Crippen LogP contribution in [0.2, 0.25) is 0 Å². The normalized spacial score (nSPS) is 24.4. The van der Waals surface area contributed by atoms with Crippen LogP contribution in [0.15, 0.2) is 30.9 Å². The Morgan fingerprint density at radius 3 is 2.91 bits per heavy atom. The molecule has 2 heterocycles. The Hall–Kier alpha value is -2.21. The first-order valence-corrected chi connectivity index (χ1v) is 7.88. The molecule has 122 valence electrons. The van der Waals surface area contributed by atoms with Gasteiger partial charge in [0, 0.05) is 12.4 Å². The summed E-state index contributed by atoms with van der Waals surface area (Å²) in [5, 5.41) is 9.73. The van der Waals surface area contributed by atoms with Gasteiger partial charge in [0.05, 0.1) is 5.69 Å². The van der Waals surface area contributed by atoms with Gasteiger partial charge < -0.3 is 10.8 Å². The third-order valence-electron chi connectivity index (χ3n) is 4.78. The molecule has 3 rings (SSSR count). The van der Waals surface area contributed by atoms with Crippen molar-refractivity contribution in [2.75, 3.05) is 6.54 Å². The lowest BCUT2D eigenvalue weighted by Gasteiger charge is -2.12. The van der Waals surface area contributed by atoms with Gasteiger partial charge in [0.1, 0.15) is 17.6 Å². The summed E-state index contributed by atoms with van der Waals surface area (Å²) in [5.74, 6) is 0.367. The molecule has 3 N–H and O–H groups in total. The Kier molecular flexibility index (Phi) is 3.93. The third kappa shape index (κ3) is 2.74. The molecule has 0 radical (unpaired) electrons. The number of aryl methyl sites for hydroxylation is 1. The van der Waals surface area contributed by atoms with Crippen molar-refractivity contribution >= 4 is 5.97 Å². The van der Waals surface area contributed by atoms with Gasteiger partial charge in [0.2, 0.25) is 0 Å².